The minimum atomic E-state index is -0.565. The molecule has 0 saturated carbocycles. The highest BCUT2D eigenvalue weighted by Crippen LogP contribution is 2.26. The molecular weight excluding hydrogens is 278 g/mol. The first-order valence-electron chi connectivity index (χ1n) is 7.66. The smallest absolute Gasteiger partial charge is 0.271 e. The molecule has 1 aliphatic heterocycles. The summed E-state index contributed by atoms with van der Waals surface area (Å²) >= 11 is 0. The first-order chi connectivity index (χ1) is 10.6. The van der Waals surface area contributed by atoms with Gasteiger partial charge in [0.1, 0.15) is 5.69 Å². The maximum Gasteiger partial charge on any atom is 0.271 e. The molecule has 0 spiro atoms. The number of nitrogens with two attached hydrogens (primary N) is 1. The number of amides is 1. The molecule has 1 saturated heterocycles. The van der Waals surface area contributed by atoms with Gasteiger partial charge in [0.25, 0.3) is 5.91 Å². The molecule has 3 N–H and O–H groups in total. The molecule has 22 heavy (non-hydrogen) atoms. The van der Waals surface area contributed by atoms with Gasteiger partial charge in [0.2, 0.25) is 0 Å². The van der Waals surface area contributed by atoms with E-state index in [1.54, 1.807) is 0 Å². The number of nitrogens with one attached hydrogen (secondary N) is 1. The molecule has 0 aliphatic carbocycles. The lowest BCUT2D eigenvalue weighted by atomic mass is 9.98. The summed E-state index contributed by atoms with van der Waals surface area (Å²) in [5.41, 5.74) is 8.17. The standard InChI is InChI=1S/C16H21N5O/c1-11-5-4-8-21(9-11)10-12-6-2-3-7-13(12)14-15(16(17)22)19-20-18-14/h2-3,6-7,11H,4-5,8-10H2,1H3,(H2,17,22)(H,18,19,20). The third-order valence-corrected chi connectivity index (χ3v) is 4.19. The van der Waals surface area contributed by atoms with Crippen LogP contribution in [0.2, 0.25) is 0 Å². The number of carbonyl (C=O) groups excluding carboxylic acids is 1. The van der Waals surface area contributed by atoms with E-state index < -0.39 is 5.91 Å². The van der Waals surface area contributed by atoms with Crippen molar-refractivity contribution in [1.29, 1.82) is 0 Å². The van der Waals surface area contributed by atoms with Gasteiger partial charge in [-0.3, -0.25) is 9.69 Å². The summed E-state index contributed by atoms with van der Waals surface area (Å²) in [6.45, 7) is 5.36. The largest absolute Gasteiger partial charge is 0.364 e. The number of nitrogens with zero attached hydrogens (tertiary/aromatic N) is 3. The third kappa shape index (κ3) is 3.01. The van der Waals surface area contributed by atoms with Crippen LogP contribution >= 0.6 is 0 Å². The van der Waals surface area contributed by atoms with Crippen molar-refractivity contribution < 1.29 is 4.79 Å². The summed E-state index contributed by atoms with van der Waals surface area (Å²) in [7, 11) is 0. The van der Waals surface area contributed by atoms with Gasteiger partial charge in [-0.15, -0.1) is 0 Å². The third-order valence-electron chi connectivity index (χ3n) is 4.19. The molecule has 6 nitrogen and oxygen atoms in total. The zero-order valence-corrected chi connectivity index (χ0v) is 12.7. The zero-order chi connectivity index (χ0) is 15.5. The van der Waals surface area contributed by atoms with Crippen molar-refractivity contribution in [3.63, 3.8) is 0 Å². The van der Waals surface area contributed by atoms with E-state index in [0.717, 1.165) is 36.7 Å². The molecule has 1 unspecified atom stereocenters. The summed E-state index contributed by atoms with van der Waals surface area (Å²) in [5, 5.41) is 10.5. The number of piperidine rings is 1. The lowest BCUT2D eigenvalue weighted by Gasteiger charge is -2.31. The van der Waals surface area contributed by atoms with E-state index in [1.807, 2.05) is 18.2 Å². The number of likely N-dealkylation sites (tertiary alicyclic amines) is 1. The van der Waals surface area contributed by atoms with Crippen LogP contribution < -0.4 is 5.73 Å². The Morgan fingerprint density at radius 3 is 3.00 bits per heavy atom. The van der Waals surface area contributed by atoms with Gasteiger partial charge in [-0.2, -0.15) is 15.4 Å². The fraction of sp³-hybridized carbons (Fsp3) is 0.438. The SMILES string of the molecule is CC1CCCN(Cc2ccccc2-c2n[nH]nc2C(N)=O)C1. The monoisotopic (exact) mass is 299 g/mol. The topological polar surface area (TPSA) is 87.9 Å². The minimum Gasteiger partial charge on any atom is -0.364 e. The molecule has 2 aromatic rings. The predicted molar refractivity (Wildman–Crippen MR) is 84.0 cm³/mol. The van der Waals surface area contributed by atoms with Gasteiger partial charge < -0.3 is 5.73 Å². The number of hydrogen-bond donors (Lipinski definition) is 2. The van der Waals surface area contributed by atoms with E-state index in [0.29, 0.717) is 5.69 Å². The molecule has 2 heterocycles. The number of H-pyrrole nitrogens is 1. The molecule has 1 aliphatic rings. The number of rotatable bonds is 4. The van der Waals surface area contributed by atoms with Crippen molar-refractivity contribution in [2.75, 3.05) is 13.1 Å². The molecule has 1 amide bonds. The van der Waals surface area contributed by atoms with Crippen molar-refractivity contribution in [1.82, 2.24) is 20.3 Å². The fourth-order valence-electron chi connectivity index (χ4n) is 3.15. The van der Waals surface area contributed by atoms with Gasteiger partial charge in [-0.25, -0.2) is 0 Å². The first kappa shape index (κ1) is 14.7. The summed E-state index contributed by atoms with van der Waals surface area (Å²) in [6.07, 6.45) is 2.53. The van der Waals surface area contributed by atoms with Gasteiger partial charge in [0, 0.05) is 18.7 Å². The summed E-state index contributed by atoms with van der Waals surface area (Å²) < 4.78 is 0. The van der Waals surface area contributed by atoms with E-state index in [2.05, 4.69) is 33.3 Å². The van der Waals surface area contributed by atoms with E-state index in [9.17, 15) is 4.79 Å². The van der Waals surface area contributed by atoms with E-state index in [4.69, 9.17) is 5.73 Å². The van der Waals surface area contributed by atoms with Gasteiger partial charge in [-0.1, -0.05) is 31.2 Å². The number of carbonyl (C=O) groups is 1. The molecule has 0 bridgehead atoms. The summed E-state index contributed by atoms with van der Waals surface area (Å²) in [5.74, 6) is 0.166. The van der Waals surface area contributed by atoms with Crippen LogP contribution in [0.5, 0.6) is 0 Å². The quantitative estimate of drug-likeness (QED) is 0.901. The summed E-state index contributed by atoms with van der Waals surface area (Å²) in [6, 6.07) is 7.99. The van der Waals surface area contributed by atoms with Crippen LogP contribution in [0, 0.1) is 5.92 Å². The normalized spacial score (nSPS) is 19.2. The van der Waals surface area contributed by atoms with Gasteiger partial charge in [0.05, 0.1) is 0 Å². The van der Waals surface area contributed by atoms with Crippen molar-refractivity contribution >= 4 is 5.91 Å². The van der Waals surface area contributed by atoms with Crippen molar-refractivity contribution in [2.45, 2.75) is 26.3 Å². The van der Waals surface area contributed by atoms with Gasteiger partial charge >= 0.3 is 0 Å². The van der Waals surface area contributed by atoms with E-state index >= 15 is 0 Å². The first-order valence-corrected chi connectivity index (χ1v) is 7.66. The average Bonchev–Trinajstić information content (AvgIpc) is 2.97. The van der Waals surface area contributed by atoms with Gasteiger partial charge in [0.15, 0.2) is 5.69 Å². The Balaban J connectivity index is 1.90. The fourth-order valence-corrected chi connectivity index (χ4v) is 3.15. The minimum absolute atomic E-state index is 0.194. The molecule has 3 rings (SSSR count). The second kappa shape index (κ2) is 6.27. The second-order valence-corrected chi connectivity index (χ2v) is 6.02. The zero-order valence-electron chi connectivity index (χ0n) is 12.7. The number of aromatic amines is 1. The molecule has 116 valence electrons. The lowest BCUT2D eigenvalue weighted by Crippen LogP contribution is -2.33. The number of primary amides is 1. The molecule has 1 atom stereocenters. The Hall–Kier alpha value is -2.21. The van der Waals surface area contributed by atoms with Crippen LogP contribution in [0.3, 0.4) is 0 Å². The second-order valence-electron chi connectivity index (χ2n) is 6.02. The van der Waals surface area contributed by atoms with Crippen LogP contribution in [-0.2, 0) is 6.54 Å². The Morgan fingerprint density at radius 2 is 2.23 bits per heavy atom. The highest BCUT2D eigenvalue weighted by atomic mass is 16.1. The maximum atomic E-state index is 11.5. The number of benzene rings is 1. The van der Waals surface area contributed by atoms with Gasteiger partial charge in [-0.05, 0) is 30.9 Å². The highest BCUT2D eigenvalue weighted by molar-refractivity contribution is 5.97. The van der Waals surface area contributed by atoms with E-state index in [1.165, 1.54) is 12.8 Å². The van der Waals surface area contributed by atoms with Crippen LogP contribution in [0.1, 0.15) is 35.8 Å². The van der Waals surface area contributed by atoms with Crippen LogP contribution in [0.4, 0.5) is 0 Å². The van der Waals surface area contributed by atoms with Crippen LogP contribution in [0.25, 0.3) is 11.3 Å². The summed E-state index contributed by atoms with van der Waals surface area (Å²) in [4.78, 5) is 13.9. The Morgan fingerprint density at radius 1 is 1.41 bits per heavy atom. The molecular formula is C16H21N5O. The molecule has 0 radical (unpaired) electrons. The average molecular weight is 299 g/mol. The molecule has 1 aromatic heterocycles. The highest BCUT2D eigenvalue weighted by Gasteiger charge is 2.21. The Kier molecular flexibility index (Phi) is 4.20. The van der Waals surface area contributed by atoms with Crippen molar-refractivity contribution in [2.24, 2.45) is 11.7 Å². The molecule has 1 fully saturated rings. The van der Waals surface area contributed by atoms with Crippen LogP contribution in [0.15, 0.2) is 24.3 Å². The molecule has 6 heteroatoms. The Labute approximate surface area is 129 Å². The number of aromatic nitrogens is 3. The molecule has 1 aromatic carbocycles. The van der Waals surface area contributed by atoms with Crippen molar-refractivity contribution in [3.8, 4) is 11.3 Å². The van der Waals surface area contributed by atoms with Crippen LogP contribution in [-0.4, -0.2) is 39.3 Å². The predicted octanol–water partition coefficient (Wildman–Crippen LogP) is 1.80. The Bertz CT molecular complexity index is 666. The number of hydrogen-bond acceptors (Lipinski definition) is 4. The van der Waals surface area contributed by atoms with Crippen molar-refractivity contribution in [3.05, 3.63) is 35.5 Å². The lowest BCUT2D eigenvalue weighted by molar-refractivity contribution is 0.0996. The van der Waals surface area contributed by atoms with E-state index in [-0.39, 0.29) is 5.69 Å². The maximum absolute atomic E-state index is 11.5.